The van der Waals surface area contributed by atoms with Crippen molar-refractivity contribution >= 4 is 17.6 Å². The second kappa shape index (κ2) is 9.42. The number of methoxy groups -OCH3 is 1. The van der Waals surface area contributed by atoms with Crippen LogP contribution in [0.4, 0.5) is 0 Å². The third-order valence-electron chi connectivity index (χ3n) is 6.75. The molecule has 0 spiro atoms. The lowest BCUT2D eigenvalue weighted by atomic mass is 9.77. The zero-order valence-electron chi connectivity index (χ0n) is 19.2. The van der Waals surface area contributed by atoms with Crippen molar-refractivity contribution in [2.45, 2.75) is 69.8 Å². The van der Waals surface area contributed by atoms with Gasteiger partial charge < -0.3 is 26.4 Å². The van der Waals surface area contributed by atoms with Gasteiger partial charge in [0.15, 0.2) is 0 Å². The van der Waals surface area contributed by atoms with Crippen molar-refractivity contribution in [2.24, 2.45) is 17.4 Å². The maximum absolute atomic E-state index is 13.6. The fourth-order valence-electron chi connectivity index (χ4n) is 5.22. The Balaban J connectivity index is 1.80. The van der Waals surface area contributed by atoms with E-state index in [9.17, 15) is 9.59 Å². The Morgan fingerprint density at radius 1 is 1.38 bits per heavy atom. The van der Waals surface area contributed by atoms with Gasteiger partial charge in [0, 0.05) is 25.6 Å². The van der Waals surface area contributed by atoms with Crippen LogP contribution in [0.3, 0.4) is 0 Å². The highest BCUT2D eigenvalue weighted by atomic mass is 16.5. The van der Waals surface area contributed by atoms with E-state index in [2.05, 4.69) is 18.8 Å². The molecule has 32 heavy (non-hydrogen) atoms. The predicted molar refractivity (Wildman–Crippen MR) is 124 cm³/mol. The van der Waals surface area contributed by atoms with Crippen LogP contribution in [-0.2, 0) is 20.9 Å². The fraction of sp³-hybridized carbons (Fsp3) is 0.542. The van der Waals surface area contributed by atoms with Crippen LogP contribution in [0.15, 0.2) is 36.4 Å². The van der Waals surface area contributed by atoms with Gasteiger partial charge in [-0.1, -0.05) is 43.2 Å². The van der Waals surface area contributed by atoms with Gasteiger partial charge in [-0.15, -0.1) is 6.58 Å². The third-order valence-corrected chi connectivity index (χ3v) is 6.75. The van der Waals surface area contributed by atoms with Crippen LogP contribution < -0.4 is 16.8 Å². The average Bonchev–Trinajstić information content (AvgIpc) is 3.14. The highest BCUT2D eigenvalue weighted by molar-refractivity contribution is 5.95. The molecule has 0 aromatic heterocycles. The molecule has 174 valence electrons. The lowest BCUT2D eigenvalue weighted by Gasteiger charge is -2.47. The SMILES string of the molecule is C=C(C)C[C@]1(N)C[C@H](OC)[C@@H]2[C@H](CC)C[C@@H](C(=O)NCc3ccc(C(=N)N)cc3)N2C1=O. The summed E-state index contributed by atoms with van der Waals surface area (Å²) in [6.07, 6.45) is 2.00. The molecule has 0 saturated carbocycles. The molecule has 2 saturated heterocycles. The van der Waals surface area contributed by atoms with E-state index in [1.807, 2.05) is 19.1 Å². The Morgan fingerprint density at radius 3 is 2.56 bits per heavy atom. The zero-order valence-corrected chi connectivity index (χ0v) is 19.2. The number of carbonyl (C=O) groups is 2. The van der Waals surface area contributed by atoms with Crippen molar-refractivity contribution in [2.75, 3.05) is 7.11 Å². The Labute approximate surface area is 189 Å². The highest BCUT2D eigenvalue weighted by Crippen LogP contribution is 2.43. The van der Waals surface area contributed by atoms with Gasteiger partial charge in [0.1, 0.15) is 17.4 Å². The first-order valence-corrected chi connectivity index (χ1v) is 11.1. The summed E-state index contributed by atoms with van der Waals surface area (Å²) < 4.78 is 5.79. The van der Waals surface area contributed by atoms with Gasteiger partial charge in [-0.25, -0.2) is 0 Å². The normalized spacial score (nSPS) is 29.5. The summed E-state index contributed by atoms with van der Waals surface area (Å²) in [5, 5.41) is 10.5. The molecule has 8 heteroatoms. The quantitative estimate of drug-likeness (QED) is 0.276. The first kappa shape index (κ1) is 23.9. The summed E-state index contributed by atoms with van der Waals surface area (Å²) in [5.74, 6) is -0.214. The summed E-state index contributed by atoms with van der Waals surface area (Å²) in [7, 11) is 1.64. The van der Waals surface area contributed by atoms with Crippen LogP contribution in [0.5, 0.6) is 0 Å². The molecular formula is C24H35N5O3. The van der Waals surface area contributed by atoms with Gasteiger partial charge in [0.05, 0.1) is 12.1 Å². The molecule has 2 fully saturated rings. The van der Waals surface area contributed by atoms with Crippen LogP contribution in [0.1, 0.15) is 50.7 Å². The first-order chi connectivity index (χ1) is 15.1. The van der Waals surface area contributed by atoms with Crippen LogP contribution in [-0.4, -0.2) is 53.4 Å². The summed E-state index contributed by atoms with van der Waals surface area (Å²) >= 11 is 0. The van der Waals surface area contributed by atoms with Crippen molar-refractivity contribution < 1.29 is 14.3 Å². The largest absolute Gasteiger partial charge is 0.384 e. The molecule has 1 aromatic carbocycles. The smallest absolute Gasteiger partial charge is 0.244 e. The maximum atomic E-state index is 13.6. The number of rotatable bonds is 8. The topological polar surface area (TPSA) is 135 Å². The Kier molecular flexibility index (Phi) is 7.05. The van der Waals surface area contributed by atoms with Crippen LogP contribution >= 0.6 is 0 Å². The molecule has 1 aromatic rings. The van der Waals surface area contributed by atoms with Crippen molar-refractivity contribution in [1.82, 2.24) is 10.2 Å². The van der Waals surface area contributed by atoms with E-state index >= 15 is 0 Å². The van der Waals surface area contributed by atoms with Crippen LogP contribution in [0.2, 0.25) is 0 Å². The molecule has 5 atom stereocenters. The standard InChI is InChI=1S/C24H35N5O3/c1-5-16-10-18(22(30)28-13-15-6-8-17(9-7-15)21(25)26)29-20(16)19(32-4)12-24(27,23(29)31)11-14(2)3/h6-9,16,18-20H,2,5,10-13,27H2,1,3-4H3,(H3,25,26)(H,28,30)/t16-,18+,19+,20+,24+/m1/s1. The van der Waals surface area contributed by atoms with E-state index in [1.54, 1.807) is 24.1 Å². The average molecular weight is 442 g/mol. The van der Waals surface area contributed by atoms with Gasteiger partial charge in [0.2, 0.25) is 11.8 Å². The number of nitrogens with zero attached hydrogens (tertiary/aromatic N) is 1. The van der Waals surface area contributed by atoms with E-state index in [4.69, 9.17) is 21.6 Å². The van der Waals surface area contributed by atoms with E-state index < -0.39 is 11.6 Å². The van der Waals surface area contributed by atoms with Crippen molar-refractivity contribution in [1.29, 1.82) is 5.41 Å². The number of ether oxygens (including phenoxy) is 1. The number of carbonyl (C=O) groups excluding carboxylic acids is 2. The van der Waals surface area contributed by atoms with Crippen molar-refractivity contribution in [3.05, 3.63) is 47.5 Å². The molecule has 0 aliphatic carbocycles. The molecule has 2 amide bonds. The van der Waals surface area contributed by atoms with E-state index in [-0.39, 0.29) is 35.7 Å². The van der Waals surface area contributed by atoms with Crippen LogP contribution in [0, 0.1) is 11.3 Å². The minimum Gasteiger partial charge on any atom is -0.384 e. The molecule has 6 N–H and O–H groups in total. The molecule has 8 nitrogen and oxygen atoms in total. The summed E-state index contributed by atoms with van der Waals surface area (Å²) in [6, 6.07) is 6.41. The predicted octanol–water partition coefficient (Wildman–Crippen LogP) is 1.66. The van der Waals surface area contributed by atoms with Gasteiger partial charge in [-0.3, -0.25) is 15.0 Å². The molecule has 2 heterocycles. The first-order valence-electron chi connectivity index (χ1n) is 11.1. The molecule has 0 bridgehead atoms. The number of amides is 2. The van der Waals surface area contributed by atoms with E-state index in [0.717, 1.165) is 17.6 Å². The Morgan fingerprint density at radius 2 is 2.03 bits per heavy atom. The van der Waals surface area contributed by atoms with Gasteiger partial charge in [-0.2, -0.15) is 0 Å². The van der Waals surface area contributed by atoms with Crippen LogP contribution in [0.25, 0.3) is 0 Å². The maximum Gasteiger partial charge on any atom is 0.244 e. The van der Waals surface area contributed by atoms with Gasteiger partial charge >= 0.3 is 0 Å². The van der Waals surface area contributed by atoms with Crippen molar-refractivity contribution in [3.63, 3.8) is 0 Å². The molecule has 0 radical (unpaired) electrons. The molecule has 2 aliphatic rings. The van der Waals surface area contributed by atoms with Gasteiger partial charge in [0.25, 0.3) is 0 Å². The molecule has 2 aliphatic heterocycles. The molecule has 3 rings (SSSR count). The lowest BCUT2D eigenvalue weighted by Crippen LogP contribution is -2.68. The fourth-order valence-corrected chi connectivity index (χ4v) is 5.22. The Bertz CT molecular complexity index is 899. The second-order valence-corrected chi connectivity index (χ2v) is 9.22. The number of piperidine rings is 1. The second-order valence-electron chi connectivity index (χ2n) is 9.22. The number of nitrogens with one attached hydrogen (secondary N) is 2. The number of hydrogen-bond acceptors (Lipinski definition) is 5. The molecule has 0 unspecified atom stereocenters. The highest BCUT2D eigenvalue weighted by Gasteiger charge is 2.58. The zero-order chi connectivity index (χ0) is 23.6. The van der Waals surface area contributed by atoms with E-state index in [1.165, 1.54) is 0 Å². The number of amidine groups is 1. The van der Waals surface area contributed by atoms with E-state index in [0.29, 0.717) is 31.4 Å². The number of hydrogen-bond donors (Lipinski definition) is 4. The summed E-state index contributed by atoms with van der Waals surface area (Å²) in [5.41, 5.74) is 13.3. The number of nitrogens with two attached hydrogens (primary N) is 2. The van der Waals surface area contributed by atoms with Gasteiger partial charge in [-0.05, 0) is 31.2 Å². The summed E-state index contributed by atoms with van der Waals surface area (Å²) in [4.78, 5) is 28.5. The minimum atomic E-state index is -1.12. The number of nitrogen functional groups attached to an aromatic ring is 1. The minimum absolute atomic E-state index is 0.000438. The number of fused-ring (bicyclic) bond motifs is 1. The third kappa shape index (κ3) is 4.56. The van der Waals surface area contributed by atoms with Crippen molar-refractivity contribution in [3.8, 4) is 0 Å². The molecular weight excluding hydrogens is 406 g/mol. The lowest BCUT2D eigenvalue weighted by molar-refractivity contribution is -0.157. The Hall–Kier alpha value is -2.71. The summed E-state index contributed by atoms with van der Waals surface area (Å²) in [6.45, 7) is 8.20. The number of benzene rings is 1. The monoisotopic (exact) mass is 441 g/mol.